The quantitative estimate of drug-likeness (QED) is 0.457. The summed E-state index contributed by atoms with van der Waals surface area (Å²) in [4.78, 5) is 28.4. The molecule has 212 valence electrons. The summed E-state index contributed by atoms with van der Waals surface area (Å²) in [5.41, 5.74) is -3.18. The molecule has 0 aromatic carbocycles. The number of hydrogen-bond acceptors (Lipinski definition) is 7. The van der Waals surface area contributed by atoms with Gasteiger partial charge in [0.2, 0.25) is 5.91 Å². The molecule has 2 N–H and O–H groups in total. The molecule has 1 aliphatic heterocycles. The summed E-state index contributed by atoms with van der Waals surface area (Å²) in [6.45, 7) is 0.584. The Balaban J connectivity index is 1.20. The lowest BCUT2D eigenvalue weighted by atomic mass is 10.2. The summed E-state index contributed by atoms with van der Waals surface area (Å²) in [6.07, 6.45) is -3.43. The second-order valence-corrected chi connectivity index (χ2v) is 11.3. The third-order valence-corrected chi connectivity index (χ3v) is 7.22. The number of halogens is 8. The lowest BCUT2D eigenvalue weighted by Crippen LogP contribution is -2.50. The molecule has 2 atom stereocenters. The minimum Gasteiger partial charge on any atom is -0.380 e. The van der Waals surface area contributed by atoms with Crippen molar-refractivity contribution in [1.29, 1.82) is 0 Å². The number of nitrogens with one attached hydrogen (secondary N) is 2. The lowest BCUT2D eigenvalue weighted by molar-refractivity contribution is -0.138. The Morgan fingerprint density at radius 1 is 1.11 bits per heavy atom. The molecule has 1 amide bonds. The fourth-order valence-electron chi connectivity index (χ4n) is 3.96. The number of piperazine rings is 1. The normalized spacial score (nSPS) is 22.0. The van der Waals surface area contributed by atoms with Crippen LogP contribution in [0.15, 0.2) is 34.2 Å². The van der Waals surface area contributed by atoms with Crippen LogP contribution < -0.4 is 15.8 Å². The minimum absolute atomic E-state index is 0.0653. The van der Waals surface area contributed by atoms with E-state index in [0.717, 1.165) is 12.3 Å². The molecule has 2 fully saturated rings. The number of aromatic amines is 1. The van der Waals surface area contributed by atoms with Gasteiger partial charge in [-0.05, 0) is 18.6 Å². The predicted octanol–water partition coefficient (Wildman–Crippen LogP) is 4.01. The highest BCUT2D eigenvalue weighted by Crippen LogP contribution is 3.02. The zero-order valence-corrected chi connectivity index (χ0v) is 20.2. The van der Waals surface area contributed by atoms with E-state index in [9.17, 15) is 42.2 Å². The average molecular weight is 578 g/mol. The van der Waals surface area contributed by atoms with Crippen LogP contribution in [0.1, 0.15) is 12.0 Å². The van der Waals surface area contributed by atoms with Crippen LogP contribution in [-0.4, -0.2) is 71.4 Å². The monoisotopic (exact) mass is 578 g/mol. The lowest BCUT2D eigenvalue weighted by Gasteiger charge is -2.40. The van der Waals surface area contributed by atoms with E-state index >= 15 is 0 Å². The standard InChI is InChI=1S/C20H22F8N6O3S/c21-20(22,23)18-15(9-30-32-19(18)36)31-14-7-12(14)10-37-11-17(35)34-5-3-33(4-6-34)16-2-1-13(8-29-16)38(24,25,26,27)28/h1-2,8-9,12,14H,3-7,10-11H2,(H2,31,32,36)/t12-,14+/m0/s1. The van der Waals surface area contributed by atoms with Gasteiger partial charge >= 0.3 is 16.4 Å². The first-order valence-electron chi connectivity index (χ1n) is 11.1. The third kappa shape index (κ3) is 6.64. The number of rotatable bonds is 8. The number of aromatic nitrogens is 3. The molecule has 0 unspecified atom stereocenters. The van der Waals surface area contributed by atoms with Crippen molar-refractivity contribution in [2.24, 2.45) is 5.92 Å². The van der Waals surface area contributed by atoms with Crippen molar-refractivity contribution in [3.05, 3.63) is 40.4 Å². The number of anilines is 2. The first-order valence-corrected chi connectivity index (χ1v) is 13.1. The van der Waals surface area contributed by atoms with Gasteiger partial charge in [-0.15, -0.1) is 0 Å². The van der Waals surface area contributed by atoms with E-state index in [1.165, 1.54) is 4.90 Å². The zero-order valence-electron chi connectivity index (χ0n) is 19.4. The molecule has 1 saturated carbocycles. The van der Waals surface area contributed by atoms with Gasteiger partial charge in [-0.1, -0.05) is 19.4 Å². The maximum atomic E-state index is 13.1. The molecule has 0 spiro atoms. The molecule has 3 heterocycles. The van der Waals surface area contributed by atoms with Crippen LogP contribution in [0.2, 0.25) is 0 Å². The molecule has 2 aliphatic rings. The molecule has 9 nitrogen and oxygen atoms in total. The van der Waals surface area contributed by atoms with Crippen molar-refractivity contribution in [3.63, 3.8) is 0 Å². The number of ether oxygens (including phenoxy) is 1. The van der Waals surface area contributed by atoms with E-state index < -0.39 is 44.1 Å². The molecule has 0 bridgehead atoms. The van der Waals surface area contributed by atoms with E-state index in [1.807, 2.05) is 0 Å². The van der Waals surface area contributed by atoms with Crippen molar-refractivity contribution in [1.82, 2.24) is 20.1 Å². The molecule has 1 saturated heterocycles. The van der Waals surface area contributed by atoms with Crippen LogP contribution in [0.25, 0.3) is 0 Å². The molecule has 1 aliphatic carbocycles. The highest BCUT2D eigenvalue weighted by Gasteiger charge is 2.65. The topological polar surface area (TPSA) is 103 Å². The van der Waals surface area contributed by atoms with Gasteiger partial charge in [0.1, 0.15) is 22.9 Å². The molecular weight excluding hydrogens is 556 g/mol. The number of alkyl halides is 3. The van der Waals surface area contributed by atoms with Crippen LogP contribution in [0.4, 0.5) is 44.1 Å². The van der Waals surface area contributed by atoms with Gasteiger partial charge in [0, 0.05) is 38.1 Å². The SMILES string of the molecule is O=C(COC[C@@H]1C[C@H]1Nc1cn[nH]c(=O)c1C(F)(F)F)N1CCN(c2ccc(S(F)(F)(F)(F)F)cn2)CC1. The van der Waals surface area contributed by atoms with Gasteiger partial charge in [-0.2, -0.15) is 18.3 Å². The number of amides is 1. The fraction of sp³-hybridized carbons (Fsp3) is 0.500. The molecule has 0 radical (unpaired) electrons. The van der Waals surface area contributed by atoms with Crippen molar-refractivity contribution in [2.75, 3.05) is 49.6 Å². The van der Waals surface area contributed by atoms with E-state index in [4.69, 9.17) is 4.74 Å². The zero-order chi connectivity index (χ0) is 28.0. The first-order chi connectivity index (χ1) is 17.4. The Hall–Kier alpha value is -3.15. The summed E-state index contributed by atoms with van der Waals surface area (Å²) in [5.74, 6) is -0.479. The third-order valence-electron chi connectivity index (χ3n) is 6.08. The Labute approximate surface area is 209 Å². The molecule has 4 rings (SSSR count). The summed E-state index contributed by atoms with van der Waals surface area (Å²) in [5, 5.41) is 7.76. The highest BCUT2D eigenvalue weighted by molar-refractivity contribution is 8.45. The molecule has 18 heteroatoms. The van der Waals surface area contributed by atoms with Crippen LogP contribution in [0.5, 0.6) is 0 Å². The van der Waals surface area contributed by atoms with Crippen LogP contribution in [0.3, 0.4) is 0 Å². The number of carbonyl (C=O) groups is 1. The molecule has 2 aromatic rings. The van der Waals surface area contributed by atoms with Crippen molar-refractivity contribution >= 4 is 27.6 Å². The van der Waals surface area contributed by atoms with Gasteiger partial charge in [0.15, 0.2) is 0 Å². The van der Waals surface area contributed by atoms with Crippen LogP contribution in [0, 0.1) is 5.92 Å². The van der Waals surface area contributed by atoms with E-state index in [0.29, 0.717) is 6.42 Å². The largest absolute Gasteiger partial charge is 0.423 e. The van der Waals surface area contributed by atoms with Crippen molar-refractivity contribution in [2.45, 2.75) is 23.5 Å². The Morgan fingerprint density at radius 2 is 1.79 bits per heavy atom. The average Bonchev–Trinajstić information content (AvgIpc) is 3.54. The number of hydrogen-bond donors (Lipinski definition) is 2. The van der Waals surface area contributed by atoms with Gasteiger partial charge in [0.25, 0.3) is 5.56 Å². The smallest absolute Gasteiger partial charge is 0.380 e. The van der Waals surface area contributed by atoms with Crippen LogP contribution >= 0.6 is 10.2 Å². The molecular formula is C20H22F8N6O3S. The first kappa shape index (κ1) is 27.9. The Morgan fingerprint density at radius 3 is 2.37 bits per heavy atom. The molecule has 38 heavy (non-hydrogen) atoms. The van der Waals surface area contributed by atoms with Crippen LogP contribution in [-0.2, 0) is 15.7 Å². The van der Waals surface area contributed by atoms with Crippen molar-refractivity contribution < 1.29 is 42.1 Å². The van der Waals surface area contributed by atoms with Gasteiger partial charge in [-0.25, -0.2) is 10.1 Å². The summed E-state index contributed by atoms with van der Waals surface area (Å²) < 4.78 is 109. The molecule has 2 aromatic heterocycles. The number of carbonyl (C=O) groups excluding carboxylic acids is 1. The summed E-state index contributed by atoms with van der Waals surface area (Å²) in [6, 6.07) is 0.745. The van der Waals surface area contributed by atoms with Gasteiger partial charge in [0.05, 0.1) is 24.7 Å². The number of nitrogens with zero attached hydrogens (tertiary/aromatic N) is 4. The minimum atomic E-state index is -9.81. The maximum Gasteiger partial charge on any atom is 0.423 e. The number of pyridine rings is 1. The van der Waals surface area contributed by atoms with E-state index in [1.54, 1.807) is 10.00 Å². The second kappa shape index (κ2) is 8.96. The Kier molecular flexibility index (Phi) is 6.57. The van der Waals surface area contributed by atoms with Crippen molar-refractivity contribution in [3.8, 4) is 0 Å². The van der Waals surface area contributed by atoms with Gasteiger partial charge < -0.3 is 19.9 Å². The fourth-order valence-corrected chi connectivity index (χ4v) is 4.54. The highest BCUT2D eigenvalue weighted by atomic mass is 32.5. The van der Waals surface area contributed by atoms with Gasteiger partial charge in [-0.3, -0.25) is 9.59 Å². The summed E-state index contributed by atoms with van der Waals surface area (Å²) in [7, 11) is -9.81. The summed E-state index contributed by atoms with van der Waals surface area (Å²) >= 11 is 0. The Bertz CT molecular complexity index is 1250. The maximum absolute atomic E-state index is 13.1. The second-order valence-electron chi connectivity index (χ2n) is 8.94. The predicted molar refractivity (Wildman–Crippen MR) is 121 cm³/mol. The number of H-pyrrole nitrogens is 1. The van der Waals surface area contributed by atoms with E-state index in [-0.39, 0.29) is 69.3 Å². The van der Waals surface area contributed by atoms with E-state index in [2.05, 4.69) is 15.4 Å².